The van der Waals surface area contributed by atoms with E-state index in [2.05, 4.69) is 0 Å². The maximum atomic E-state index is 14.0. The highest BCUT2D eigenvalue weighted by Gasteiger charge is 2.30. The van der Waals surface area contributed by atoms with E-state index in [0.29, 0.717) is 25.9 Å². The fourth-order valence-corrected chi connectivity index (χ4v) is 4.95. The van der Waals surface area contributed by atoms with Gasteiger partial charge in [0.05, 0.1) is 16.5 Å². The summed E-state index contributed by atoms with van der Waals surface area (Å²) in [7, 11) is -3.60. The van der Waals surface area contributed by atoms with Gasteiger partial charge >= 0.3 is 0 Å². The highest BCUT2D eigenvalue weighted by molar-refractivity contribution is 7.89. The van der Waals surface area contributed by atoms with Crippen LogP contribution in [0.4, 0.5) is 4.39 Å². The zero-order valence-corrected chi connectivity index (χ0v) is 16.9. The maximum Gasteiger partial charge on any atom is 0.243 e. The fourth-order valence-electron chi connectivity index (χ4n) is 3.48. The monoisotopic (exact) mass is 425 g/mol. The number of halogens is 1. The smallest absolute Gasteiger partial charge is 0.243 e. The second kappa shape index (κ2) is 8.30. The first-order valence-electron chi connectivity index (χ1n) is 9.57. The van der Waals surface area contributed by atoms with E-state index in [1.807, 2.05) is 35.2 Å². The largest absolute Gasteiger partial charge is 0.487 e. The second-order valence-corrected chi connectivity index (χ2v) is 9.00. The summed E-state index contributed by atoms with van der Waals surface area (Å²) >= 11 is 0. The molecule has 0 unspecified atom stereocenters. The average molecular weight is 425 g/mol. The zero-order valence-electron chi connectivity index (χ0n) is 16.1. The summed E-state index contributed by atoms with van der Waals surface area (Å²) in [4.78, 5) is 0.246. The van der Waals surface area contributed by atoms with Crippen LogP contribution in [0.15, 0.2) is 71.9 Å². The van der Waals surface area contributed by atoms with Crippen LogP contribution in [0.5, 0.6) is 5.75 Å². The lowest BCUT2D eigenvalue weighted by Crippen LogP contribution is -2.41. The van der Waals surface area contributed by atoms with Crippen molar-refractivity contribution in [3.8, 4) is 17.5 Å². The summed E-state index contributed by atoms with van der Waals surface area (Å²) in [6.07, 6.45) is 4.42. The average Bonchev–Trinajstić information content (AvgIpc) is 3.30. The molecule has 1 aliphatic rings. The van der Waals surface area contributed by atoms with Gasteiger partial charge in [-0.25, -0.2) is 12.8 Å². The lowest BCUT2D eigenvalue weighted by molar-refractivity contribution is 0.130. The number of aromatic nitrogens is 1. The van der Waals surface area contributed by atoms with Crippen molar-refractivity contribution in [2.24, 2.45) is 0 Å². The minimum atomic E-state index is -3.60. The van der Waals surface area contributed by atoms with Gasteiger partial charge in [-0.1, -0.05) is 0 Å². The molecular formula is C22H20FN3O3S. The van der Waals surface area contributed by atoms with Gasteiger partial charge in [-0.2, -0.15) is 9.57 Å². The number of piperidine rings is 1. The number of rotatable bonds is 5. The molecule has 0 atom stereocenters. The summed E-state index contributed by atoms with van der Waals surface area (Å²) in [5.41, 5.74) is 1.11. The lowest BCUT2D eigenvalue weighted by atomic mass is 10.1. The molecule has 154 valence electrons. The van der Waals surface area contributed by atoms with Gasteiger partial charge in [-0.05, 0) is 67.4 Å². The predicted octanol–water partition coefficient (Wildman–Crippen LogP) is 3.72. The molecule has 6 nitrogen and oxygen atoms in total. The van der Waals surface area contributed by atoms with Crippen molar-refractivity contribution in [1.29, 1.82) is 5.26 Å². The quantitative estimate of drug-likeness (QED) is 0.624. The molecule has 8 heteroatoms. The van der Waals surface area contributed by atoms with E-state index in [1.54, 1.807) is 24.3 Å². The molecule has 2 heterocycles. The van der Waals surface area contributed by atoms with Gasteiger partial charge in [0.15, 0.2) is 11.6 Å². The first-order valence-corrected chi connectivity index (χ1v) is 11.0. The zero-order chi connectivity index (χ0) is 21.1. The second-order valence-electron chi connectivity index (χ2n) is 7.06. The van der Waals surface area contributed by atoms with Crippen LogP contribution >= 0.6 is 0 Å². The fraction of sp³-hybridized carbons (Fsp3) is 0.227. The van der Waals surface area contributed by atoms with E-state index in [0.717, 1.165) is 11.8 Å². The van der Waals surface area contributed by atoms with Crippen LogP contribution in [0.3, 0.4) is 0 Å². The van der Waals surface area contributed by atoms with Gasteiger partial charge in [0.1, 0.15) is 6.10 Å². The Morgan fingerprint density at radius 3 is 2.30 bits per heavy atom. The molecule has 1 aliphatic heterocycles. The number of hydrogen-bond acceptors (Lipinski definition) is 4. The number of benzene rings is 2. The summed E-state index contributed by atoms with van der Waals surface area (Å²) in [6, 6.07) is 16.5. The van der Waals surface area contributed by atoms with Gasteiger partial charge in [-0.3, -0.25) is 0 Å². The molecule has 3 aromatic rings. The molecule has 0 bridgehead atoms. The number of sulfonamides is 1. The number of nitriles is 1. The number of nitrogens with zero attached hydrogens (tertiary/aromatic N) is 3. The molecule has 0 spiro atoms. The Balaban J connectivity index is 1.40. The third kappa shape index (κ3) is 4.08. The van der Waals surface area contributed by atoms with Crippen molar-refractivity contribution in [2.45, 2.75) is 23.8 Å². The minimum absolute atomic E-state index is 0.0795. The Hall–Kier alpha value is -3.15. The number of ether oxygens (including phenoxy) is 1. The summed E-state index contributed by atoms with van der Waals surface area (Å²) in [6.45, 7) is 0.592. The van der Waals surface area contributed by atoms with Crippen molar-refractivity contribution in [3.63, 3.8) is 0 Å². The van der Waals surface area contributed by atoms with E-state index < -0.39 is 15.8 Å². The summed E-state index contributed by atoms with van der Waals surface area (Å²) in [5.74, 6) is -0.511. The SMILES string of the molecule is N#Cc1ccc(OC2CCN(S(=O)(=O)c3ccc(-n4cccc4)cc3)CC2)c(F)c1. The third-order valence-electron chi connectivity index (χ3n) is 5.13. The molecule has 1 fully saturated rings. The third-order valence-corrected chi connectivity index (χ3v) is 7.05. The van der Waals surface area contributed by atoms with Crippen LogP contribution in [-0.2, 0) is 10.0 Å². The molecule has 0 amide bonds. The van der Waals surface area contributed by atoms with Crippen LogP contribution in [0.25, 0.3) is 5.69 Å². The molecule has 0 radical (unpaired) electrons. The Morgan fingerprint density at radius 1 is 1.03 bits per heavy atom. The van der Waals surface area contributed by atoms with Gasteiger partial charge in [0.2, 0.25) is 10.0 Å². The van der Waals surface area contributed by atoms with Gasteiger partial charge in [0.25, 0.3) is 0 Å². The topological polar surface area (TPSA) is 75.3 Å². The Bertz CT molecular complexity index is 1160. The number of hydrogen-bond donors (Lipinski definition) is 0. The van der Waals surface area contributed by atoms with E-state index in [4.69, 9.17) is 10.00 Å². The van der Waals surface area contributed by atoms with Crippen molar-refractivity contribution in [2.75, 3.05) is 13.1 Å². The molecule has 0 saturated carbocycles. The van der Waals surface area contributed by atoms with Crippen LogP contribution in [0.2, 0.25) is 0 Å². The normalized spacial score (nSPS) is 15.6. The van der Waals surface area contributed by atoms with Gasteiger partial charge in [0, 0.05) is 31.2 Å². The van der Waals surface area contributed by atoms with Crippen LogP contribution < -0.4 is 4.74 Å². The van der Waals surface area contributed by atoms with E-state index >= 15 is 0 Å². The van der Waals surface area contributed by atoms with E-state index in [9.17, 15) is 12.8 Å². The molecule has 4 rings (SSSR count). The van der Waals surface area contributed by atoms with Gasteiger partial charge in [-0.15, -0.1) is 0 Å². The molecule has 2 aromatic carbocycles. The highest BCUT2D eigenvalue weighted by Crippen LogP contribution is 2.26. The van der Waals surface area contributed by atoms with Crippen LogP contribution in [0.1, 0.15) is 18.4 Å². The molecule has 1 aromatic heterocycles. The molecular weight excluding hydrogens is 405 g/mol. The lowest BCUT2D eigenvalue weighted by Gasteiger charge is -2.31. The maximum absolute atomic E-state index is 14.0. The summed E-state index contributed by atoms with van der Waals surface area (Å²) < 4.78 is 49.0. The standard InChI is InChI=1S/C22H20FN3O3S/c23-21-15-17(16-24)3-8-22(21)29-19-9-13-26(14-10-19)30(27,28)20-6-4-18(5-7-20)25-11-1-2-12-25/h1-8,11-12,15,19H,9-10,13-14H2. The van der Waals surface area contributed by atoms with Crippen molar-refractivity contribution >= 4 is 10.0 Å². The van der Waals surface area contributed by atoms with Crippen LogP contribution in [-0.4, -0.2) is 36.5 Å². The highest BCUT2D eigenvalue weighted by atomic mass is 32.2. The predicted molar refractivity (Wildman–Crippen MR) is 109 cm³/mol. The van der Waals surface area contributed by atoms with E-state index in [1.165, 1.54) is 16.4 Å². The van der Waals surface area contributed by atoms with Crippen LogP contribution in [0, 0.1) is 17.1 Å². The van der Waals surface area contributed by atoms with Crippen molar-refractivity contribution in [3.05, 3.63) is 78.4 Å². The molecule has 0 aliphatic carbocycles. The Labute approximate surface area is 174 Å². The Morgan fingerprint density at radius 2 is 1.70 bits per heavy atom. The summed E-state index contributed by atoms with van der Waals surface area (Å²) in [5, 5.41) is 8.82. The van der Waals surface area contributed by atoms with Crippen molar-refractivity contribution in [1.82, 2.24) is 8.87 Å². The van der Waals surface area contributed by atoms with Crippen molar-refractivity contribution < 1.29 is 17.5 Å². The van der Waals surface area contributed by atoms with E-state index in [-0.39, 0.29) is 22.3 Å². The molecule has 1 saturated heterocycles. The molecule has 0 N–H and O–H groups in total. The Kier molecular flexibility index (Phi) is 5.57. The minimum Gasteiger partial charge on any atom is -0.487 e. The first-order chi connectivity index (χ1) is 14.5. The molecule has 30 heavy (non-hydrogen) atoms. The van der Waals surface area contributed by atoms with Gasteiger partial charge < -0.3 is 9.30 Å². The first kappa shape index (κ1) is 20.1.